The third kappa shape index (κ3) is 15.2. The molecule has 0 heterocycles. The summed E-state index contributed by atoms with van der Waals surface area (Å²) in [6.07, 6.45) is 14.2. The number of nitrogens with zero attached hydrogens (tertiary/aromatic N) is 1. The van der Waals surface area contributed by atoms with Crippen molar-refractivity contribution in [2.45, 2.75) is 160 Å². The van der Waals surface area contributed by atoms with Crippen LogP contribution < -0.4 is 0 Å². The van der Waals surface area contributed by atoms with Crippen LogP contribution in [0.5, 0.6) is 0 Å². The first kappa shape index (κ1) is 36.0. The van der Waals surface area contributed by atoms with Gasteiger partial charge in [-0.25, -0.2) is 0 Å². The van der Waals surface area contributed by atoms with E-state index in [1.54, 1.807) is 0 Å². The zero-order chi connectivity index (χ0) is 30.4. The second-order valence-corrected chi connectivity index (χ2v) is 26.4. The smallest absolute Gasteiger partial charge is 0.0616 e. The van der Waals surface area contributed by atoms with E-state index in [1.165, 1.54) is 75.3 Å². The third-order valence-electron chi connectivity index (χ3n) is 8.43. The largest absolute Gasteiger partial charge is 0.390 e. The Hall–Kier alpha value is -1.21. The van der Waals surface area contributed by atoms with Gasteiger partial charge in [-0.05, 0) is 43.0 Å². The Balaban J connectivity index is 2.32. The summed E-state index contributed by atoms with van der Waals surface area (Å²) in [7, 11) is -2.94. The Bertz CT molecular complexity index is 919. The summed E-state index contributed by atoms with van der Waals surface area (Å²) in [5.74, 6) is 0. The second-order valence-electron chi connectivity index (χ2n) is 15.4. The SMILES string of the molecule is CCCCCCCCCCC[C@H](CC(O)(C[Si](C)(C)C)C[Si](C)(C)C)N(Cc1ccccc1)[C@H](C)c1ccccc1. The predicted molar refractivity (Wildman–Crippen MR) is 188 cm³/mol. The van der Waals surface area contributed by atoms with Crippen LogP contribution in [0.3, 0.4) is 0 Å². The van der Waals surface area contributed by atoms with Crippen molar-refractivity contribution in [3.05, 3.63) is 71.8 Å². The second kappa shape index (κ2) is 17.8. The maximum absolute atomic E-state index is 12.5. The zero-order valence-electron chi connectivity index (χ0n) is 28.2. The molecule has 0 spiro atoms. The molecular formula is C37H65NOSi2. The maximum atomic E-state index is 12.5. The molecule has 41 heavy (non-hydrogen) atoms. The number of rotatable bonds is 21. The average molecular weight is 596 g/mol. The monoisotopic (exact) mass is 595 g/mol. The normalized spacial score (nSPS) is 14.4. The van der Waals surface area contributed by atoms with Crippen molar-refractivity contribution < 1.29 is 5.11 Å². The van der Waals surface area contributed by atoms with Gasteiger partial charge in [0, 0.05) is 34.8 Å². The Morgan fingerprint density at radius 3 is 1.63 bits per heavy atom. The number of benzene rings is 2. The highest BCUT2D eigenvalue weighted by molar-refractivity contribution is 6.78. The van der Waals surface area contributed by atoms with Crippen molar-refractivity contribution in [2.75, 3.05) is 0 Å². The van der Waals surface area contributed by atoms with Crippen molar-refractivity contribution in [3.63, 3.8) is 0 Å². The zero-order valence-corrected chi connectivity index (χ0v) is 30.2. The van der Waals surface area contributed by atoms with Gasteiger partial charge in [-0.1, -0.05) is 165 Å². The highest BCUT2D eigenvalue weighted by atomic mass is 28.3. The molecule has 2 aromatic rings. The molecule has 0 aromatic heterocycles. The van der Waals surface area contributed by atoms with E-state index in [0.29, 0.717) is 12.1 Å². The van der Waals surface area contributed by atoms with Gasteiger partial charge in [0.25, 0.3) is 0 Å². The van der Waals surface area contributed by atoms with Gasteiger partial charge in [0.1, 0.15) is 0 Å². The van der Waals surface area contributed by atoms with Crippen LogP contribution in [0.15, 0.2) is 60.7 Å². The molecular weight excluding hydrogens is 531 g/mol. The summed E-state index contributed by atoms with van der Waals surface area (Å²) in [6.45, 7) is 20.2. The van der Waals surface area contributed by atoms with E-state index >= 15 is 0 Å². The van der Waals surface area contributed by atoms with E-state index in [1.807, 2.05) is 0 Å². The fourth-order valence-corrected chi connectivity index (χ4v) is 11.7. The number of aliphatic hydroxyl groups is 1. The van der Waals surface area contributed by atoms with Gasteiger partial charge in [-0.2, -0.15) is 0 Å². The minimum absolute atomic E-state index is 0.294. The quantitative estimate of drug-likeness (QED) is 0.115. The molecule has 1 N–H and O–H groups in total. The minimum Gasteiger partial charge on any atom is -0.390 e. The average Bonchev–Trinajstić information content (AvgIpc) is 2.88. The van der Waals surface area contributed by atoms with Gasteiger partial charge in [0.05, 0.1) is 5.60 Å². The minimum atomic E-state index is -1.47. The van der Waals surface area contributed by atoms with Crippen molar-refractivity contribution in [3.8, 4) is 0 Å². The topological polar surface area (TPSA) is 23.5 Å². The lowest BCUT2D eigenvalue weighted by atomic mass is 9.90. The van der Waals surface area contributed by atoms with Crippen LogP contribution in [0, 0.1) is 0 Å². The molecule has 0 radical (unpaired) electrons. The Morgan fingerprint density at radius 2 is 1.15 bits per heavy atom. The molecule has 2 rings (SSSR count). The lowest BCUT2D eigenvalue weighted by Crippen LogP contribution is -2.49. The van der Waals surface area contributed by atoms with Gasteiger partial charge in [-0.3, -0.25) is 4.90 Å². The van der Waals surface area contributed by atoms with Crippen LogP contribution in [0.2, 0.25) is 51.4 Å². The molecule has 232 valence electrons. The molecule has 0 saturated heterocycles. The fourth-order valence-electron chi connectivity index (χ4n) is 7.00. The van der Waals surface area contributed by atoms with Crippen LogP contribution >= 0.6 is 0 Å². The lowest BCUT2D eigenvalue weighted by Gasteiger charge is -2.44. The van der Waals surface area contributed by atoms with Crippen LogP contribution in [0.1, 0.15) is 102 Å². The number of unbranched alkanes of at least 4 members (excludes halogenated alkanes) is 8. The van der Waals surface area contributed by atoms with Gasteiger partial charge in [-0.15, -0.1) is 0 Å². The summed E-state index contributed by atoms with van der Waals surface area (Å²) < 4.78 is 0. The molecule has 2 atom stereocenters. The molecule has 0 saturated carbocycles. The molecule has 2 aromatic carbocycles. The van der Waals surface area contributed by atoms with Crippen LogP contribution in [0.4, 0.5) is 0 Å². The van der Waals surface area contributed by atoms with Gasteiger partial charge in [0.15, 0.2) is 0 Å². The molecule has 0 unspecified atom stereocenters. The first-order valence-electron chi connectivity index (χ1n) is 16.9. The molecule has 0 aliphatic carbocycles. The number of hydrogen-bond acceptors (Lipinski definition) is 2. The van der Waals surface area contributed by atoms with E-state index in [4.69, 9.17) is 0 Å². The Morgan fingerprint density at radius 1 is 0.683 bits per heavy atom. The predicted octanol–water partition coefficient (Wildman–Crippen LogP) is 11.3. The Labute approximate surface area is 257 Å². The van der Waals surface area contributed by atoms with Crippen molar-refractivity contribution in [2.24, 2.45) is 0 Å². The first-order chi connectivity index (χ1) is 19.3. The lowest BCUT2D eigenvalue weighted by molar-refractivity contribution is 0.0141. The van der Waals surface area contributed by atoms with Crippen molar-refractivity contribution in [1.82, 2.24) is 4.90 Å². The van der Waals surface area contributed by atoms with E-state index < -0.39 is 21.7 Å². The van der Waals surface area contributed by atoms with Gasteiger partial charge < -0.3 is 5.11 Å². The van der Waals surface area contributed by atoms with Crippen molar-refractivity contribution in [1.29, 1.82) is 0 Å². The summed E-state index contributed by atoms with van der Waals surface area (Å²) in [5, 5.41) is 12.5. The summed E-state index contributed by atoms with van der Waals surface area (Å²) in [4.78, 5) is 2.74. The molecule has 0 aliphatic heterocycles. The van der Waals surface area contributed by atoms with E-state index in [2.05, 4.69) is 119 Å². The molecule has 0 aliphatic rings. The number of hydrogen-bond donors (Lipinski definition) is 1. The molecule has 0 bridgehead atoms. The highest BCUT2D eigenvalue weighted by Crippen LogP contribution is 2.38. The molecule has 0 amide bonds. The van der Waals surface area contributed by atoms with Gasteiger partial charge in [0.2, 0.25) is 0 Å². The fraction of sp³-hybridized carbons (Fsp3) is 0.676. The summed E-state index contributed by atoms with van der Waals surface area (Å²) in [6, 6.07) is 24.7. The van der Waals surface area contributed by atoms with E-state index in [-0.39, 0.29) is 0 Å². The van der Waals surface area contributed by atoms with Crippen LogP contribution in [-0.4, -0.2) is 37.8 Å². The van der Waals surface area contributed by atoms with Gasteiger partial charge >= 0.3 is 0 Å². The molecule has 0 fully saturated rings. The maximum Gasteiger partial charge on any atom is 0.0616 e. The van der Waals surface area contributed by atoms with E-state index in [0.717, 1.165) is 25.1 Å². The van der Waals surface area contributed by atoms with E-state index in [9.17, 15) is 5.11 Å². The molecule has 2 nitrogen and oxygen atoms in total. The standard InChI is InChI=1S/C37H65NOSi2/c1-9-10-11-12-13-14-15-16-23-28-36(29-37(39,31-40(3,4)5)32-41(6,7)8)38(30-34-24-19-17-20-25-34)33(2)35-26-21-18-22-27-35/h17-22,24-27,33,36,39H,9-16,23,28-32H2,1-8H3/t33-,36-/m1/s1. The van der Waals surface area contributed by atoms with Crippen LogP contribution in [0.25, 0.3) is 0 Å². The summed E-state index contributed by atoms with van der Waals surface area (Å²) in [5.41, 5.74) is 2.16. The first-order valence-corrected chi connectivity index (χ1v) is 24.3. The third-order valence-corrected chi connectivity index (χ3v) is 11.9. The highest BCUT2D eigenvalue weighted by Gasteiger charge is 2.40. The van der Waals surface area contributed by atoms with Crippen LogP contribution in [-0.2, 0) is 6.54 Å². The van der Waals surface area contributed by atoms with Crippen molar-refractivity contribution >= 4 is 16.1 Å². The summed E-state index contributed by atoms with van der Waals surface area (Å²) >= 11 is 0. The molecule has 4 heteroatoms. The Kier molecular flexibility index (Phi) is 15.6.